The molecule has 0 atom stereocenters. The zero-order valence-electron chi connectivity index (χ0n) is 11.4. The first kappa shape index (κ1) is 14.7. The Morgan fingerprint density at radius 1 is 1.33 bits per heavy atom. The molecule has 1 aliphatic heterocycles. The SMILES string of the molecule is CC.CCCN1Cc2ccc(C(=O)NO)cc2C1. The van der Waals surface area contributed by atoms with Gasteiger partial charge in [-0.25, -0.2) is 5.48 Å². The third-order valence-electron chi connectivity index (χ3n) is 2.90. The minimum atomic E-state index is -0.447. The van der Waals surface area contributed by atoms with E-state index in [4.69, 9.17) is 5.21 Å². The summed E-state index contributed by atoms with van der Waals surface area (Å²) in [5, 5.41) is 8.56. The second-order valence-corrected chi connectivity index (χ2v) is 4.14. The molecule has 0 saturated carbocycles. The molecule has 1 aromatic rings. The van der Waals surface area contributed by atoms with Crippen LogP contribution in [0.5, 0.6) is 0 Å². The van der Waals surface area contributed by atoms with Crippen molar-refractivity contribution in [2.24, 2.45) is 0 Å². The van der Waals surface area contributed by atoms with E-state index in [1.54, 1.807) is 11.5 Å². The standard InChI is InChI=1S/C12H16N2O2.C2H6/c1-2-5-14-7-10-4-3-9(12(15)13-16)6-11(10)8-14;1-2/h3-4,6,16H,2,5,7-8H2,1H3,(H,13,15);1-2H3. The summed E-state index contributed by atoms with van der Waals surface area (Å²) in [6.07, 6.45) is 1.14. The Bertz CT molecular complexity index is 405. The molecule has 0 bridgehead atoms. The molecule has 0 fully saturated rings. The largest absolute Gasteiger partial charge is 0.295 e. The van der Waals surface area contributed by atoms with Gasteiger partial charge < -0.3 is 0 Å². The molecule has 2 N–H and O–H groups in total. The highest BCUT2D eigenvalue weighted by molar-refractivity contribution is 5.93. The highest BCUT2D eigenvalue weighted by Crippen LogP contribution is 2.23. The molecular weight excluding hydrogens is 228 g/mol. The lowest BCUT2D eigenvalue weighted by Crippen LogP contribution is -2.18. The van der Waals surface area contributed by atoms with Crippen LogP contribution in [0.3, 0.4) is 0 Å². The van der Waals surface area contributed by atoms with Crippen LogP contribution >= 0.6 is 0 Å². The number of carbonyl (C=O) groups excluding carboxylic acids is 1. The van der Waals surface area contributed by atoms with Crippen molar-refractivity contribution in [2.45, 2.75) is 40.3 Å². The van der Waals surface area contributed by atoms with E-state index in [-0.39, 0.29) is 0 Å². The van der Waals surface area contributed by atoms with Gasteiger partial charge in [0.25, 0.3) is 5.91 Å². The van der Waals surface area contributed by atoms with Crippen LogP contribution in [-0.4, -0.2) is 22.6 Å². The molecule has 0 unspecified atom stereocenters. The molecule has 4 heteroatoms. The van der Waals surface area contributed by atoms with E-state index < -0.39 is 5.91 Å². The normalized spacial score (nSPS) is 13.6. The molecule has 0 saturated heterocycles. The third kappa shape index (κ3) is 3.31. The minimum absolute atomic E-state index is 0.447. The summed E-state index contributed by atoms with van der Waals surface area (Å²) in [5.74, 6) is -0.447. The zero-order valence-corrected chi connectivity index (χ0v) is 11.4. The molecule has 4 nitrogen and oxygen atoms in total. The van der Waals surface area contributed by atoms with Gasteiger partial charge in [0.05, 0.1) is 0 Å². The van der Waals surface area contributed by atoms with E-state index in [1.165, 1.54) is 11.1 Å². The molecule has 1 amide bonds. The summed E-state index contributed by atoms with van der Waals surface area (Å²) >= 11 is 0. The number of rotatable bonds is 3. The Balaban J connectivity index is 0.000000771. The molecule has 0 radical (unpaired) electrons. The van der Waals surface area contributed by atoms with Gasteiger partial charge in [0.1, 0.15) is 0 Å². The molecule has 18 heavy (non-hydrogen) atoms. The first-order valence-electron chi connectivity index (χ1n) is 6.53. The summed E-state index contributed by atoms with van der Waals surface area (Å²) in [6, 6.07) is 5.58. The Morgan fingerprint density at radius 3 is 2.61 bits per heavy atom. The fourth-order valence-corrected chi connectivity index (χ4v) is 2.15. The molecule has 2 rings (SSSR count). The van der Waals surface area contributed by atoms with Gasteiger partial charge in [-0.15, -0.1) is 0 Å². The molecule has 0 spiro atoms. The monoisotopic (exact) mass is 250 g/mol. The predicted molar refractivity (Wildman–Crippen MR) is 71.4 cm³/mol. The molecular formula is C14H22N2O2. The average molecular weight is 250 g/mol. The Hall–Kier alpha value is -1.39. The number of hydrogen-bond acceptors (Lipinski definition) is 3. The van der Waals surface area contributed by atoms with Crippen LogP contribution < -0.4 is 5.48 Å². The van der Waals surface area contributed by atoms with Crippen molar-refractivity contribution in [1.82, 2.24) is 10.4 Å². The number of benzene rings is 1. The lowest BCUT2D eigenvalue weighted by Gasteiger charge is -2.11. The highest BCUT2D eigenvalue weighted by atomic mass is 16.5. The van der Waals surface area contributed by atoms with Gasteiger partial charge in [-0.1, -0.05) is 26.8 Å². The number of fused-ring (bicyclic) bond motifs is 1. The lowest BCUT2D eigenvalue weighted by molar-refractivity contribution is 0.0706. The predicted octanol–water partition coefficient (Wildman–Crippen LogP) is 2.56. The summed E-state index contributed by atoms with van der Waals surface area (Å²) in [7, 11) is 0. The first-order chi connectivity index (χ1) is 8.74. The summed E-state index contributed by atoms with van der Waals surface area (Å²) in [5.41, 5.74) is 4.64. The van der Waals surface area contributed by atoms with Crippen LogP contribution in [-0.2, 0) is 13.1 Å². The second kappa shape index (κ2) is 7.13. The van der Waals surface area contributed by atoms with Crippen LogP contribution in [0.4, 0.5) is 0 Å². The number of hydroxylamine groups is 1. The fourth-order valence-electron chi connectivity index (χ4n) is 2.15. The third-order valence-corrected chi connectivity index (χ3v) is 2.90. The van der Waals surface area contributed by atoms with Gasteiger partial charge in [-0.2, -0.15) is 0 Å². The molecule has 100 valence electrons. The van der Waals surface area contributed by atoms with Crippen LogP contribution in [0.15, 0.2) is 18.2 Å². The molecule has 1 heterocycles. The number of hydrogen-bond donors (Lipinski definition) is 2. The average Bonchev–Trinajstić information content (AvgIpc) is 2.81. The Kier molecular flexibility index (Phi) is 5.82. The number of nitrogens with zero attached hydrogens (tertiary/aromatic N) is 1. The second-order valence-electron chi connectivity index (χ2n) is 4.14. The maximum atomic E-state index is 11.2. The van der Waals surface area contributed by atoms with E-state index in [0.29, 0.717) is 5.56 Å². The quantitative estimate of drug-likeness (QED) is 0.640. The molecule has 0 aliphatic carbocycles. The van der Waals surface area contributed by atoms with Crippen LogP contribution in [0.2, 0.25) is 0 Å². The Labute approximate surface area is 109 Å². The van der Waals surface area contributed by atoms with Gasteiger partial charge in [0, 0.05) is 18.7 Å². The van der Waals surface area contributed by atoms with Crippen molar-refractivity contribution in [2.75, 3.05) is 6.54 Å². The maximum absolute atomic E-state index is 11.2. The van der Waals surface area contributed by atoms with Crippen molar-refractivity contribution in [1.29, 1.82) is 0 Å². The number of nitrogens with one attached hydrogen (secondary N) is 1. The van der Waals surface area contributed by atoms with E-state index in [9.17, 15) is 4.79 Å². The van der Waals surface area contributed by atoms with Crippen molar-refractivity contribution >= 4 is 5.91 Å². The lowest BCUT2D eigenvalue weighted by atomic mass is 10.1. The molecule has 0 aromatic heterocycles. The van der Waals surface area contributed by atoms with Gasteiger partial charge in [0.15, 0.2) is 0 Å². The topological polar surface area (TPSA) is 52.6 Å². The van der Waals surface area contributed by atoms with Crippen LogP contribution in [0, 0.1) is 0 Å². The summed E-state index contributed by atoms with van der Waals surface area (Å²) in [6.45, 7) is 9.10. The van der Waals surface area contributed by atoms with Crippen molar-refractivity contribution in [3.8, 4) is 0 Å². The van der Waals surface area contributed by atoms with Gasteiger partial charge >= 0.3 is 0 Å². The fraction of sp³-hybridized carbons (Fsp3) is 0.500. The van der Waals surface area contributed by atoms with Crippen molar-refractivity contribution in [3.05, 3.63) is 34.9 Å². The maximum Gasteiger partial charge on any atom is 0.274 e. The summed E-state index contributed by atoms with van der Waals surface area (Å²) < 4.78 is 0. The van der Waals surface area contributed by atoms with Crippen molar-refractivity contribution in [3.63, 3.8) is 0 Å². The smallest absolute Gasteiger partial charge is 0.274 e. The van der Waals surface area contributed by atoms with Gasteiger partial charge in [0.2, 0.25) is 0 Å². The van der Waals surface area contributed by atoms with E-state index in [1.807, 2.05) is 26.0 Å². The Morgan fingerprint density at radius 2 is 2.00 bits per heavy atom. The zero-order chi connectivity index (χ0) is 13.5. The number of carbonyl (C=O) groups is 1. The van der Waals surface area contributed by atoms with E-state index >= 15 is 0 Å². The summed E-state index contributed by atoms with van der Waals surface area (Å²) in [4.78, 5) is 13.6. The van der Waals surface area contributed by atoms with Crippen molar-refractivity contribution < 1.29 is 10.0 Å². The van der Waals surface area contributed by atoms with Gasteiger partial charge in [-0.05, 0) is 36.2 Å². The van der Waals surface area contributed by atoms with Crippen LogP contribution in [0.1, 0.15) is 48.7 Å². The molecule has 1 aromatic carbocycles. The molecule has 1 aliphatic rings. The minimum Gasteiger partial charge on any atom is -0.295 e. The highest BCUT2D eigenvalue weighted by Gasteiger charge is 2.19. The van der Waals surface area contributed by atoms with Crippen LogP contribution in [0.25, 0.3) is 0 Å². The van der Waals surface area contributed by atoms with E-state index in [2.05, 4.69) is 11.8 Å². The van der Waals surface area contributed by atoms with E-state index in [0.717, 1.165) is 26.1 Å². The number of amides is 1. The first-order valence-corrected chi connectivity index (χ1v) is 6.53. The van der Waals surface area contributed by atoms with Gasteiger partial charge in [-0.3, -0.25) is 14.9 Å².